The van der Waals surface area contributed by atoms with E-state index < -0.39 is 5.54 Å². The van der Waals surface area contributed by atoms with Gasteiger partial charge in [0.25, 0.3) is 0 Å². The average molecular weight is 397 g/mol. The molecule has 0 aliphatic carbocycles. The normalized spacial score (nSPS) is 20.3. The van der Waals surface area contributed by atoms with Crippen LogP contribution in [0.5, 0.6) is 0 Å². The molecule has 2 unspecified atom stereocenters. The van der Waals surface area contributed by atoms with Crippen molar-refractivity contribution in [2.24, 2.45) is 11.7 Å². The van der Waals surface area contributed by atoms with Crippen LogP contribution in [0, 0.1) is 5.92 Å². The number of anilines is 1. The number of hydrogen-bond acceptors (Lipinski definition) is 4. The van der Waals surface area contributed by atoms with Gasteiger partial charge in [-0.15, -0.1) is 0 Å². The van der Waals surface area contributed by atoms with E-state index in [1.807, 2.05) is 13.0 Å². The fourth-order valence-corrected chi connectivity index (χ4v) is 3.28. The molecule has 6 nitrogen and oxygen atoms in total. The molecule has 0 bridgehead atoms. The second-order valence-electron chi connectivity index (χ2n) is 6.61. The molecule has 0 aromatic carbocycles. The minimum absolute atomic E-state index is 0.0661. The fourth-order valence-electron chi connectivity index (χ4n) is 3.04. The Bertz CT molecular complexity index is 589. The van der Waals surface area contributed by atoms with Crippen LogP contribution in [-0.4, -0.2) is 40.3 Å². The number of halogens is 1. The second-order valence-corrected chi connectivity index (χ2v) is 7.52. The summed E-state index contributed by atoms with van der Waals surface area (Å²) in [7, 11) is 0. The molecule has 3 N–H and O–H groups in total. The van der Waals surface area contributed by atoms with Crippen molar-refractivity contribution >= 4 is 33.6 Å². The van der Waals surface area contributed by atoms with Crippen molar-refractivity contribution in [3.63, 3.8) is 0 Å². The number of hydrogen-bond donors (Lipinski definition) is 2. The van der Waals surface area contributed by atoms with Gasteiger partial charge in [0.1, 0.15) is 5.82 Å². The third kappa shape index (κ3) is 4.77. The van der Waals surface area contributed by atoms with Crippen LogP contribution >= 0.6 is 15.9 Å². The number of nitrogens with one attached hydrogen (secondary N) is 1. The van der Waals surface area contributed by atoms with Crippen molar-refractivity contribution in [1.82, 2.24) is 9.88 Å². The van der Waals surface area contributed by atoms with Gasteiger partial charge in [0.05, 0.1) is 11.5 Å². The number of piperidine rings is 1. The molecular formula is C17H25BrN4O2. The number of nitrogens with zero attached hydrogens (tertiary/aromatic N) is 2. The molecule has 2 amide bonds. The Balaban J connectivity index is 1.98. The highest BCUT2D eigenvalue weighted by Gasteiger charge is 2.36. The third-order valence-electron chi connectivity index (χ3n) is 4.32. The van der Waals surface area contributed by atoms with Crippen molar-refractivity contribution in [2.75, 3.05) is 18.4 Å². The third-order valence-corrected chi connectivity index (χ3v) is 4.79. The SMILES string of the molecule is CCCC(C)(N)C(=O)N1CCCC(C(=O)Nc2ccc(Br)cn2)C1. The van der Waals surface area contributed by atoms with Gasteiger partial charge in [-0.1, -0.05) is 13.3 Å². The lowest BCUT2D eigenvalue weighted by molar-refractivity contribution is -0.139. The Morgan fingerprint density at radius 1 is 1.50 bits per heavy atom. The Labute approximate surface area is 151 Å². The van der Waals surface area contributed by atoms with E-state index in [0.717, 1.165) is 23.7 Å². The topological polar surface area (TPSA) is 88.3 Å². The molecule has 7 heteroatoms. The minimum atomic E-state index is -0.861. The molecule has 1 aromatic rings. The Hall–Kier alpha value is -1.47. The molecule has 1 fully saturated rings. The van der Waals surface area contributed by atoms with E-state index >= 15 is 0 Å². The van der Waals surface area contributed by atoms with E-state index in [2.05, 4.69) is 26.2 Å². The molecule has 2 heterocycles. The highest BCUT2D eigenvalue weighted by atomic mass is 79.9. The van der Waals surface area contributed by atoms with Crippen LogP contribution in [0.3, 0.4) is 0 Å². The average Bonchev–Trinajstić information content (AvgIpc) is 2.56. The van der Waals surface area contributed by atoms with Crippen molar-refractivity contribution in [1.29, 1.82) is 0 Å². The molecule has 0 saturated carbocycles. The maximum atomic E-state index is 12.6. The molecule has 1 aliphatic heterocycles. The van der Waals surface area contributed by atoms with E-state index in [9.17, 15) is 9.59 Å². The number of nitrogens with two attached hydrogens (primary N) is 1. The van der Waals surface area contributed by atoms with Gasteiger partial charge in [-0.3, -0.25) is 9.59 Å². The van der Waals surface area contributed by atoms with Gasteiger partial charge in [-0.2, -0.15) is 0 Å². The molecule has 0 radical (unpaired) electrons. The van der Waals surface area contributed by atoms with Crippen molar-refractivity contribution in [2.45, 2.75) is 45.1 Å². The quantitative estimate of drug-likeness (QED) is 0.799. The number of aromatic nitrogens is 1. The summed E-state index contributed by atoms with van der Waals surface area (Å²) < 4.78 is 0.855. The van der Waals surface area contributed by atoms with E-state index in [1.54, 1.807) is 24.1 Å². The van der Waals surface area contributed by atoms with E-state index in [-0.39, 0.29) is 17.7 Å². The molecule has 0 spiro atoms. The Morgan fingerprint density at radius 2 is 2.25 bits per heavy atom. The van der Waals surface area contributed by atoms with Gasteiger partial charge in [-0.25, -0.2) is 4.98 Å². The van der Waals surface area contributed by atoms with E-state index in [4.69, 9.17) is 5.73 Å². The molecule has 1 aromatic heterocycles. The maximum Gasteiger partial charge on any atom is 0.242 e. The summed E-state index contributed by atoms with van der Waals surface area (Å²) in [6.45, 7) is 4.86. The summed E-state index contributed by atoms with van der Waals surface area (Å²) in [5.74, 6) is 0.118. The minimum Gasteiger partial charge on any atom is -0.340 e. The van der Waals surface area contributed by atoms with Gasteiger partial charge in [-0.05, 0) is 54.2 Å². The number of rotatable bonds is 5. The van der Waals surface area contributed by atoms with Gasteiger partial charge >= 0.3 is 0 Å². The number of amides is 2. The molecular weight excluding hydrogens is 372 g/mol. The molecule has 2 rings (SSSR count). The smallest absolute Gasteiger partial charge is 0.242 e. The largest absolute Gasteiger partial charge is 0.340 e. The van der Waals surface area contributed by atoms with Crippen LogP contribution in [0.2, 0.25) is 0 Å². The highest BCUT2D eigenvalue weighted by molar-refractivity contribution is 9.10. The van der Waals surface area contributed by atoms with Gasteiger partial charge in [0.2, 0.25) is 11.8 Å². The number of carbonyl (C=O) groups excluding carboxylic acids is 2. The van der Waals surface area contributed by atoms with E-state index in [1.165, 1.54) is 0 Å². The van der Waals surface area contributed by atoms with Gasteiger partial charge in [0.15, 0.2) is 0 Å². The van der Waals surface area contributed by atoms with Crippen molar-refractivity contribution < 1.29 is 9.59 Å². The molecule has 1 saturated heterocycles. The summed E-state index contributed by atoms with van der Waals surface area (Å²) >= 11 is 3.31. The zero-order valence-corrected chi connectivity index (χ0v) is 15.8. The lowest BCUT2D eigenvalue weighted by Crippen LogP contribution is -2.56. The second kappa shape index (κ2) is 8.07. The van der Waals surface area contributed by atoms with Crippen LogP contribution in [0.4, 0.5) is 5.82 Å². The first-order chi connectivity index (χ1) is 11.3. The first-order valence-corrected chi connectivity index (χ1v) is 9.13. The molecule has 132 valence electrons. The van der Waals surface area contributed by atoms with Crippen molar-refractivity contribution in [3.05, 3.63) is 22.8 Å². The summed E-state index contributed by atoms with van der Waals surface area (Å²) in [4.78, 5) is 31.0. The first-order valence-electron chi connectivity index (χ1n) is 8.34. The Morgan fingerprint density at radius 3 is 2.88 bits per heavy atom. The number of carbonyl (C=O) groups is 2. The molecule has 24 heavy (non-hydrogen) atoms. The zero-order chi connectivity index (χ0) is 17.7. The summed E-state index contributed by atoms with van der Waals surface area (Å²) in [6.07, 6.45) is 4.70. The Kier molecular flexibility index (Phi) is 6.34. The number of likely N-dealkylation sites (tertiary alicyclic amines) is 1. The summed E-state index contributed by atoms with van der Waals surface area (Å²) in [5, 5.41) is 2.82. The van der Waals surface area contributed by atoms with Crippen LogP contribution in [-0.2, 0) is 9.59 Å². The lowest BCUT2D eigenvalue weighted by Gasteiger charge is -2.37. The first kappa shape index (κ1) is 18.9. The lowest BCUT2D eigenvalue weighted by atomic mass is 9.91. The fraction of sp³-hybridized carbons (Fsp3) is 0.588. The number of pyridine rings is 1. The predicted octanol–water partition coefficient (Wildman–Crippen LogP) is 2.54. The summed E-state index contributed by atoms with van der Waals surface area (Å²) in [6, 6.07) is 3.57. The zero-order valence-electron chi connectivity index (χ0n) is 14.2. The van der Waals surface area contributed by atoms with E-state index in [0.29, 0.717) is 25.3 Å². The maximum absolute atomic E-state index is 12.6. The molecule has 2 atom stereocenters. The predicted molar refractivity (Wildman–Crippen MR) is 97.4 cm³/mol. The van der Waals surface area contributed by atoms with Crippen LogP contribution < -0.4 is 11.1 Å². The standard InChI is InChI=1S/C17H25BrN4O2/c1-3-8-17(2,19)16(24)22-9-4-5-12(11-22)15(23)21-14-7-6-13(18)10-20-14/h6-7,10,12H,3-5,8-9,11,19H2,1-2H3,(H,20,21,23). The summed E-state index contributed by atoms with van der Waals surface area (Å²) in [5.41, 5.74) is 5.29. The highest BCUT2D eigenvalue weighted by Crippen LogP contribution is 2.22. The van der Waals surface area contributed by atoms with Gasteiger partial charge in [0, 0.05) is 23.8 Å². The monoisotopic (exact) mass is 396 g/mol. The van der Waals surface area contributed by atoms with Crippen LogP contribution in [0.25, 0.3) is 0 Å². The van der Waals surface area contributed by atoms with Gasteiger partial charge < -0.3 is 16.0 Å². The molecule has 1 aliphatic rings. The van der Waals surface area contributed by atoms with Crippen molar-refractivity contribution in [3.8, 4) is 0 Å². The van der Waals surface area contributed by atoms with Crippen LogP contribution in [0.15, 0.2) is 22.8 Å². The van der Waals surface area contributed by atoms with Crippen LogP contribution in [0.1, 0.15) is 39.5 Å².